The molecule has 1 aromatic carbocycles. The molecule has 0 aliphatic heterocycles. The Labute approximate surface area is 139 Å². The Hall–Kier alpha value is -3.00. The van der Waals surface area contributed by atoms with Crippen molar-refractivity contribution in [1.29, 1.82) is 0 Å². The molecule has 2 aromatic heterocycles. The van der Waals surface area contributed by atoms with Gasteiger partial charge in [-0.2, -0.15) is 5.10 Å². The number of aromatic nitrogens is 5. The number of anilines is 1. The number of nitrogens with zero attached hydrogens (tertiary/aromatic N) is 5. The topological polar surface area (TPSA) is 86.9 Å². The Morgan fingerprint density at radius 3 is 2.83 bits per heavy atom. The summed E-state index contributed by atoms with van der Waals surface area (Å²) in [6, 6.07) is 9.68. The molecule has 0 atom stereocenters. The summed E-state index contributed by atoms with van der Waals surface area (Å²) in [5.41, 5.74) is 2.61. The van der Waals surface area contributed by atoms with Crippen LogP contribution in [-0.4, -0.2) is 37.6 Å². The molecular weight excluding hydrogens is 308 g/mol. The summed E-state index contributed by atoms with van der Waals surface area (Å²) in [6.07, 6.45) is 3.26. The van der Waals surface area contributed by atoms with Gasteiger partial charge in [0.05, 0.1) is 6.54 Å². The summed E-state index contributed by atoms with van der Waals surface area (Å²) in [6.45, 7) is 2.93. The number of rotatable bonds is 6. The maximum atomic E-state index is 12.1. The highest BCUT2D eigenvalue weighted by Crippen LogP contribution is 2.09. The predicted molar refractivity (Wildman–Crippen MR) is 87.5 cm³/mol. The van der Waals surface area contributed by atoms with Gasteiger partial charge in [-0.3, -0.25) is 10.1 Å². The van der Waals surface area contributed by atoms with E-state index in [1.54, 1.807) is 30.4 Å². The van der Waals surface area contributed by atoms with Crippen molar-refractivity contribution in [2.45, 2.75) is 20.2 Å². The highest BCUT2D eigenvalue weighted by molar-refractivity contribution is 6.01. The first-order valence-electron chi connectivity index (χ1n) is 7.43. The van der Waals surface area contributed by atoms with Gasteiger partial charge < -0.3 is 4.74 Å². The summed E-state index contributed by atoms with van der Waals surface area (Å²) in [4.78, 5) is 16.2. The zero-order valence-electron chi connectivity index (χ0n) is 13.5. The quantitative estimate of drug-likeness (QED) is 0.745. The summed E-state index contributed by atoms with van der Waals surface area (Å²) in [5.74, 6) is -0.117. The van der Waals surface area contributed by atoms with Gasteiger partial charge in [0.1, 0.15) is 13.1 Å². The van der Waals surface area contributed by atoms with E-state index >= 15 is 0 Å². The number of hydrogen-bond donors (Lipinski definition) is 1. The van der Waals surface area contributed by atoms with Gasteiger partial charge in [0.15, 0.2) is 5.69 Å². The van der Waals surface area contributed by atoms with Gasteiger partial charge in [0.25, 0.3) is 5.91 Å². The summed E-state index contributed by atoms with van der Waals surface area (Å²) in [7, 11) is 1.56. The summed E-state index contributed by atoms with van der Waals surface area (Å²) >= 11 is 0. The van der Waals surface area contributed by atoms with E-state index in [1.165, 1.54) is 10.2 Å². The Morgan fingerprint density at radius 2 is 2.04 bits per heavy atom. The number of hydrogen-bond acceptors (Lipinski definition) is 5. The Balaban J connectivity index is 1.65. The zero-order valence-corrected chi connectivity index (χ0v) is 13.5. The lowest BCUT2D eigenvalue weighted by molar-refractivity contribution is 0.101. The van der Waals surface area contributed by atoms with Crippen LogP contribution in [0.5, 0.6) is 0 Å². The molecule has 2 heterocycles. The van der Waals surface area contributed by atoms with E-state index in [0.717, 1.165) is 5.56 Å². The van der Waals surface area contributed by atoms with Crippen LogP contribution in [0.4, 0.5) is 5.95 Å². The first kappa shape index (κ1) is 15.9. The van der Waals surface area contributed by atoms with Crippen molar-refractivity contribution >= 4 is 11.9 Å². The molecule has 0 radical (unpaired) electrons. The number of nitrogens with one attached hydrogen (secondary N) is 1. The number of carbonyl (C=O) groups excluding carboxylic acids is 1. The van der Waals surface area contributed by atoms with E-state index in [4.69, 9.17) is 4.74 Å². The number of benzene rings is 1. The van der Waals surface area contributed by atoms with E-state index in [0.29, 0.717) is 6.54 Å². The fraction of sp³-hybridized carbons (Fsp3) is 0.250. The number of methoxy groups -OCH3 is 1. The van der Waals surface area contributed by atoms with Gasteiger partial charge >= 0.3 is 0 Å². The number of amides is 1. The second-order valence-electron chi connectivity index (χ2n) is 5.30. The zero-order chi connectivity index (χ0) is 16.9. The Kier molecular flexibility index (Phi) is 4.66. The minimum absolute atomic E-state index is 0.245. The normalized spacial score (nSPS) is 10.8. The van der Waals surface area contributed by atoms with Crippen LogP contribution in [0.3, 0.4) is 0 Å². The average molecular weight is 326 g/mol. The molecule has 3 rings (SSSR count). The molecule has 8 heteroatoms. The van der Waals surface area contributed by atoms with Gasteiger partial charge in [-0.05, 0) is 24.1 Å². The first-order chi connectivity index (χ1) is 11.7. The molecule has 8 nitrogen and oxygen atoms in total. The highest BCUT2D eigenvalue weighted by Gasteiger charge is 2.12. The molecule has 0 fully saturated rings. The molecule has 0 aliphatic rings. The van der Waals surface area contributed by atoms with Crippen molar-refractivity contribution in [2.24, 2.45) is 0 Å². The second kappa shape index (κ2) is 7.05. The van der Waals surface area contributed by atoms with Crippen LogP contribution < -0.4 is 5.32 Å². The van der Waals surface area contributed by atoms with Crippen LogP contribution in [0.1, 0.15) is 21.6 Å². The lowest BCUT2D eigenvalue weighted by atomic mass is 10.1. The van der Waals surface area contributed by atoms with Crippen molar-refractivity contribution in [3.63, 3.8) is 0 Å². The van der Waals surface area contributed by atoms with Crippen LogP contribution >= 0.6 is 0 Å². The van der Waals surface area contributed by atoms with Crippen LogP contribution in [0.15, 0.2) is 42.9 Å². The minimum Gasteiger partial charge on any atom is -0.362 e. The Morgan fingerprint density at radius 1 is 1.21 bits per heavy atom. The average Bonchev–Trinajstić information content (AvgIpc) is 3.20. The molecular formula is C16H18N6O2. The van der Waals surface area contributed by atoms with E-state index in [2.05, 4.69) is 20.5 Å². The van der Waals surface area contributed by atoms with Gasteiger partial charge in [0, 0.05) is 13.3 Å². The van der Waals surface area contributed by atoms with Crippen molar-refractivity contribution in [3.8, 4) is 0 Å². The molecule has 0 spiro atoms. The van der Waals surface area contributed by atoms with E-state index in [9.17, 15) is 4.79 Å². The minimum atomic E-state index is -0.363. The molecule has 3 aromatic rings. The lowest BCUT2D eigenvalue weighted by Crippen LogP contribution is -2.15. The standard InChI is InChI=1S/C16H18N6O2/c1-12-5-3-4-6-13(12)9-22-10-17-16(20-22)18-15(23)14-7-8-21(19-14)11-24-2/h3-8,10H,9,11H2,1-2H3,(H,18,20,23). The predicted octanol–water partition coefficient (Wildman–Crippen LogP) is 1.69. The molecule has 0 saturated carbocycles. The van der Waals surface area contributed by atoms with Gasteiger partial charge in [-0.1, -0.05) is 24.3 Å². The van der Waals surface area contributed by atoms with Gasteiger partial charge in [0.2, 0.25) is 5.95 Å². The third kappa shape index (κ3) is 3.66. The maximum absolute atomic E-state index is 12.1. The molecule has 24 heavy (non-hydrogen) atoms. The number of ether oxygens (including phenoxy) is 1. The maximum Gasteiger partial charge on any atom is 0.278 e. The highest BCUT2D eigenvalue weighted by atomic mass is 16.5. The van der Waals surface area contributed by atoms with Crippen molar-refractivity contribution in [1.82, 2.24) is 24.5 Å². The molecule has 0 unspecified atom stereocenters. The lowest BCUT2D eigenvalue weighted by Gasteiger charge is -2.04. The molecule has 124 valence electrons. The van der Waals surface area contributed by atoms with Crippen LogP contribution in [-0.2, 0) is 18.0 Å². The largest absolute Gasteiger partial charge is 0.362 e. The first-order valence-corrected chi connectivity index (χ1v) is 7.43. The SMILES string of the molecule is COCn1ccc(C(=O)Nc2ncn(Cc3ccccc3C)n2)n1. The summed E-state index contributed by atoms with van der Waals surface area (Å²) < 4.78 is 8.16. The van der Waals surface area contributed by atoms with Crippen molar-refractivity contribution in [2.75, 3.05) is 12.4 Å². The molecule has 0 aliphatic carbocycles. The molecule has 1 N–H and O–H groups in total. The third-order valence-electron chi connectivity index (χ3n) is 3.49. The van der Waals surface area contributed by atoms with E-state index in [-0.39, 0.29) is 24.3 Å². The van der Waals surface area contributed by atoms with Crippen LogP contribution in [0.25, 0.3) is 0 Å². The van der Waals surface area contributed by atoms with Crippen LogP contribution in [0, 0.1) is 6.92 Å². The number of aryl methyl sites for hydroxylation is 1. The van der Waals surface area contributed by atoms with Gasteiger partial charge in [-0.15, -0.1) is 5.10 Å². The van der Waals surface area contributed by atoms with Gasteiger partial charge in [-0.25, -0.2) is 14.3 Å². The second-order valence-corrected chi connectivity index (χ2v) is 5.30. The van der Waals surface area contributed by atoms with Crippen molar-refractivity contribution in [3.05, 3.63) is 59.7 Å². The smallest absolute Gasteiger partial charge is 0.278 e. The molecule has 1 amide bonds. The third-order valence-corrected chi connectivity index (χ3v) is 3.49. The van der Waals surface area contributed by atoms with E-state index in [1.807, 2.05) is 31.2 Å². The van der Waals surface area contributed by atoms with Crippen LogP contribution in [0.2, 0.25) is 0 Å². The Bertz CT molecular complexity index is 838. The number of carbonyl (C=O) groups is 1. The fourth-order valence-electron chi connectivity index (χ4n) is 2.24. The van der Waals surface area contributed by atoms with E-state index < -0.39 is 0 Å². The molecule has 0 saturated heterocycles. The fourth-order valence-corrected chi connectivity index (χ4v) is 2.24. The molecule has 0 bridgehead atoms. The summed E-state index contributed by atoms with van der Waals surface area (Å²) in [5, 5.41) is 11.0. The monoisotopic (exact) mass is 326 g/mol. The van der Waals surface area contributed by atoms with Crippen molar-refractivity contribution < 1.29 is 9.53 Å².